The Morgan fingerprint density at radius 1 is 1.47 bits per heavy atom. The first kappa shape index (κ1) is 14.2. The van der Waals surface area contributed by atoms with E-state index in [1.807, 2.05) is 6.92 Å². The largest absolute Gasteiger partial charge is 0.488 e. The van der Waals surface area contributed by atoms with Crippen LogP contribution in [0.2, 0.25) is 5.02 Å². The molecule has 1 rings (SSSR count). The first-order valence-electron chi connectivity index (χ1n) is 5.11. The van der Waals surface area contributed by atoms with Crippen molar-refractivity contribution in [3.63, 3.8) is 0 Å². The smallest absolute Gasteiger partial charge is 0.274 e. The van der Waals surface area contributed by atoms with Crippen molar-refractivity contribution >= 4 is 21.8 Å². The van der Waals surface area contributed by atoms with Crippen molar-refractivity contribution < 1.29 is 13.2 Å². The summed E-state index contributed by atoms with van der Waals surface area (Å²) in [5.74, 6) is 0.525. The third-order valence-corrected chi connectivity index (χ3v) is 2.98. The van der Waals surface area contributed by atoms with Crippen LogP contribution < -0.4 is 14.6 Å². The van der Waals surface area contributed by atoms with Gasteiger partial charge in [0.1, 0.15) is 11.9 Å². The van der Waals surface area contributed by atoms with Gasteiger partial charge in [0.05, 0.1) is 5.02 Å². The number of hydrogen-bond acceptors (Lipinski definition) is 3. The molecule has 96 valence electrons. The van der Waals surface area contributed by atoms with Gasteiger partial charge >= 0.3 is 0 Å². The van der Waals surface area contributed by atoms with Gasteiger partial charge in [-0.1, -0.05) is 30.7 Å². The Morgan fingerprint density at radius 2 is 2.12 bits per heavy atom. The monoisotopic (exact) mass is 278 g/mol. The lowest BCUT2D eigenvalue weighted by Crippen LogP contribution is -2.38. The number of halogens is 1. The van der Waals surface area contributed by atoms with Crippen LogP contribution in [0.1, 0.15) is 13.3 Å². The Bertz CT molecular complexity index is 464. The number of nitrogens with one attached hydrogen (secondary N) is 1. The summed E-state index contributed by atoms with van der Waals surface area (Å²) >= 11 is 5.93. The second-order valence-corrected chi connectivity index (χ2v) is 5.26. The number of para-hydroxylation sites is 1. The van der Waals surface area contributed by atoms with Crippen molar-refractivity contribution in [2.24, 2.45) is 5.14 Å². The summed E-state index contributed by atoms with van der Waals surface area (Å²) in [7, 11) is -3.69. The number of hydrogen-bond donors (Lipinski definition) is 2. The van der Waals surface area contributed by atoms with Gasteiger partial charge in [-0.25, -0.2) is 5.14 Å². The highest BCUT2D eigenvalue weighted by Crippen LogP contribution is 2.24. The molecule has 7 heteroatoms. The molecule has 0 saturated carbocycles. The maximum Gasteiger partial charge on any atom is 0.274 e. The Kier molecular flexibility index (Phi) is 5.20. The minimum Gasteiger partial charge on any atom is -0.488 e. The third-order valence-electron chi connectivity index (χ3n) is 2.10. The second-order valence-electron chi connectivity index (χ2n) is 3.47. The Balaban J connectivity index is 2.61. The van der Waals surface area contributed by atoms with Crippen molar-refractivity contribution in [3.8, 4) is 5.75 Å². The van der Waals surface area contributed by atoms with Crippen LogP contribution in [0.25, 0.3) is 0 Å². The molecule has 1 atom stereocenters. The fourth-order valence-corrected chi connectivity index (χ4v) is 1.80. The summed E-state index contributed by atoms with van der Waals surface area (Å²) in [5.41, 5.74) is 0. The van der Waals surface area contributed by atoms with Crippen molar-refractivity contribution in [3.05, 3.63) is 29.3 Å². The van der Waals surface area contributed by atoms with Crippen LogP contribution in [0.3, 0.4) is 0 Å². The zero-order valence-electron chi connectivity index (χ0n) is 9.39. The van der Waals surface area contributed by atoms with Gasteiger partial charge < -0.3 is 4.74 Å². The van der Waals surface area contributed by atoms with Gasteiger partial charge in [0, 0.05) is 6.54 Å². The Morgan fingerprint density at radius 3 is 2.65 bits per heavy atom. The lowest BCUT2D eigenvalue weighted by molar-refractivity contribution is 0.201. The molecule has 0 aliphatic rings. The number of benzene rings is 1. The van der Waals surface area contributed by atoms with Crippen LogP contribution in [-0.2, 0) is 10.2 Å². The Hall–Kier alpha value is -0.820. The molecule has 0 radical (unpaired) electrons. The van der Waals surface area contributed by atoms with Gasteiger partial charge in [0.25, 0.3) is 10.2 Å². The molecule has 1 unspecified atom stereocenters. The van der Waals surface area contributed by atoms with E-state index in [2.05, 4.69) is 4.72 Å². The van der Waals surface area contributed by atoms with Crippen molar-refractivity contribution in [2.75, 3.05) is 6.54 Å². The van der Waals surface area contributed by atoms with Gasteiger partial charge in [-0.2, -0.15) is 13.1 Å². The third kappa shape index (κ3) is 5.36. The van der Waals surface area contributed by atoms with Crippen LogP contribution in [0, 0.1) is 0 Å². The molecule has 0 fully saturated rings. The standard InChI is InChI=1S/C10H15ClN2O3S/c1-2-8(7-13-17(12,14)15)16-10-6-4-3-5-9(10)11/h3-6,8,13H,2,7H2,1H3,(H2,12,14,15). The summed E-state index contributed by atoms with van der Waals surface area (Å²) in [6, 6.07) is 7.01. The maximum absolute atomic E-state index is 10.8. The van der Waals surface area contributed by atoms with Crippen LogP contribution in [0.4, 0.5) is 0 Å². The topological polar surface area (TPSA) is 81.4 Å². The first-order valence-corrected chi connectivity index (χ1v) is 7.03. The highest BCUT2D eigenvalue weighted by molar-refractivity contribution is 7.87. The molecule has 0 saturated heterocycles. The fraction of sp³-hybridized carbons (Fsp3) is 0.400. The molecule has 0 aliphatic carbocycles. The lowest BCUT2D eigenvalue weighted by Gasteiger charge is -2.18. The zero-order chi connectivity index (χ0) is 12.9. The minimum absolute atomic E-state index is 0.112. The molecule has 0 amide bonds. The molecular weight excluding hydrogens is 264 g/mol. The summed E-state index contributed by atoms with van der Waals surface area (Å²) in [5, 5.41) is 5.33. The van der Waals surface area contributed by atoms with E-state index in [1.165, 1.54) is 0 Å². The summed E-state index contributed by atoms with van der Waals surface area (Å²) < 4.78 is 29.3. The van der Waals surface area contributed by atoms with E-state index >= 15 is 0 Å². The van der Waals surface area contributed by atoms with Gasteiger partial charge in [-0.05, 0) is 18.6 Å². The molecule has 0 spiro atoms. The molecule has 0 bridgehead atoms. The molecule has 5 nitrogen and oxygen atoms in total. The maximum atomic E-state index is 10.8. The van der Waals surface area contributed by atoms with Crippen LogP contribution in [0.15, 0.2) is 24.3 Å². The van der Waals surface area contributed by atoms with Crippen molar-refractivity contribution in [2.45, 2.75) is 19.4 Å². The predicted octanol–water partition coefficient (Wildman–Crippen LogP) is 1.29. The van der Waals surface area contributed by atoms with Gasteiger partial charge in [-0.15, -0.1) is 0 Å². The fourth-order valence-electron chi connectivity index (χ4n) is 1.20. The van der Waals surface area contributed by atoms with Crippen LogP contribution in [-0.4, -0.2) is 21.1 Å². The number of nitrogens with two attached hydrogens (primary N) is 1. The zero-order valence-corrected chi connectivity index (χ0v) is 11.0. The average molecular weight is 279 g/mol. The minimum atomic E-state index is -3.69. The van der Waals surface area contributed by atoms with Gasteiger partial charge in [0.2, 0.25) is 0 Å². The quantitative estimate of drug-likeness (QED) is 0.823. The highest BCUT2D eigenvalue weighted by Gasteiger charge is 2.12. The van der Waals surface area contributed by atoms with E-state index in [-0.39, 0.29) is 12.6 Å². The van der Waals surface area contributed by atoms with E-state index in [0.717, 1.165) is 0 Å². The molecule has 17 heavy (non-hydrogen) atoms. The summed E-state index contributed by atoms with van der Waals surface area (Å²) in [6.45, 7) is 1.99. The first-order chi connectivity index (χ1) is 7.92. The van der Waals surface area contributed by atoms with E-state index in [0.29, 0.717) is 17.2 Å². The van der Waals surface area contributed by atoms with Crippen LogP contribution in [0.5, 0.6) is 5.75 Å². The predicted molar refractivity (Wildman–Crippen MR) is 67.3 cm³/mol. The van der Waals surface area contributed by atoms with E-state index in [4.69, 9.17) is 21.5 Å². The summed E-state index contributed by atoms with van der Waals surface area (Å²) in [4.78, 5) is 0. The van der Waals surface area contributed by atoms with E-state index in [1.54, 1.807) is 24.3 Å². The molecular formula is C10H15ClN2O3S. The SMILES string of the molecule is CCC(CNS(N)(=O)=O)Oc1ccccc1Cl. The molecule has 1 aromatic rings. The van der Waals surface area contributed by atoms with E-state index in [9.17, 15) is 8.42 Å². The number of rotatable bonds is 6. The van der Waals surface area contributed by atoms with Crippen molar-refractivity contribution in [1.82, 2.24) is 4.72 Å². The average Bonchev–Trinajstić information content (AvgIpc) is 2.25. The van der Waals surface area contributed by atoms with E-state index < -0.39 is 10.2 Å². The normalized spacial score (nSPS) is 13.4. The molecule has 0 aliphatic heterocycles. The Labute approximate surface area is 106 Å². The van der Waals surface area contributed by atoms with Crippen LogP contribution >= 0.6 is 11.6 Å². The van der Waals surface area contributed by atoms with Gasteiger partial charge in [0.15, 0.2) is 0 Å². The van der Waals surface area contributed by atoms with Crippen molar-refractivity contribution in [1.29, 1.82) is 0 Å². The van der Waals surface area contributed by atoms with Gasteiger partial charge in [-0.3, -0.25) is 0 Å². The highest BCUT2D eigenvalue weighted by atomic mass is 35.5. The molecule has 0 aromatic heterocycles. The number of ether oxygens (including phenoxy) is 1. The lowest BCUT2D eigenvalue weighted by atomic mass is 10.2. The summed E-state index contributed by atoms with van der Waals surface area (Å²) in [6.07, 6.45) is 0.321. The molecule has 1 aromatic carbocycles. The molecule has 0 heterocycles. The molecule has 3 N–H and O–H groups in total. The second kappa shape index (κ2) is 6.20.